The van der Waals surface area contributed by atoms with E-state index in [0.717, 1.165) is 6.07 Å². The van der Waals surface area contributed by atoms with Crippen LogP contribution in [0.1, 0.15) is 31.9 Å². The molecule has 0 radical (unpaired) electrons. The topological polar surface area (TPSA) is 114 Å². The van der Waals surface area contributed by atoms with E-state index in [-0.39, 0.29) is 33.1 Å². The second-order valence-electron chi connectivity index (χ2n) is 8.69. The third-order valence-electron chi connectivity index (χ3n) is 4.88. The van der Waals surface area contributed by atoms with Crippen LogP contribution in [-0.4, -0.2) is 33.5 Å². The molecule has 0 fully saturated rings. The summed E-state index contributed by atoms with van der Waals surface area (Å²) in [6.07, 6.45) is -1.08. The first-order valence-electron chi connectivity index (χ1n) is 10.3. The van der Waals surface area contributed by atoms with Gasteiger partial charge >= 0.3 is 6.18 Å². The van der Waals surface area contributed by atoms with E-state index < -0.39 is 27.3 Å². The lowest BCUT2D eigenvalue weighted by atomic mass is 10.1. The van der Waals surface area contributed by atoms with Gasteiger partial charge in [-0.1, -0.05) is 12.1 Å². The van der Waals surface area contributed by atoms with Crippen molar-refractivity contribution in [1.82, 2.24) is 24.2 Å². The molecule has 0 atom stereocenters. The lowest BCUT2D eigenvalue weighted by molar-refractivity contribution is -0.137. The van der Waals surface area contributed by atoms with Crippen molar-refractivity contribution < 1.29 is 21.6 Å². The van der Waals surface area contributed by atoms with Crippen molar-refractivity contribution in [3.63, 3.8) is 0 Å². The molecule has 0 unspecified atom stereocenters. The molecule has 0 aliphatic rings. The van der Waals surface area contributed by atoms with Crippen molar-refractivity contribution in [3.05, 3.63) is 66.1 Å². The number of aromatic nitrogens is 4. The van der Waals surface area contributed by atoms with Gasteiger partial charge in [0.25, 0.3) is 0 Å². The van der Waals surface area contributed by atoms with Crippen LogP contribution in [0.2, 0.25) is 0 Å². The minimum atomic E-state index is -4.66. The zero-order valence-corrected chi connectivity index (χ0v) is 19.6. The van der Waals surface area contributed by atoms with E-state index in [0.29, 0.717) is 11.8 Å². The van der Waals surface area contributed by atoms with Gasteiger partial charge < -0.3 is 0 Å². The van der Waals surface area contributed by atoms with Gasteiger partial charge in [0.05, 0.1) is 21.7 Å². The Morgan fingerprint density at radius 3 is 2.20 bits per heavy atom. The number of nitrogens with zero attached hydrogens (tertiary/aromatic N) is 5. The molecule has 3 aromatic heterocycles. The Morgan fingerprint density at radius 1 is 1.03 bits per heavy atom. The van der Waals surface area contributed by atoms with Gasteiger partial charge in [0, 0.05) is 35.1 Å². The normalized spacial score (nSPS) is 12.6. The molecule has 4 aromatic rings. The summed E-state index contributed by atoms with van der Waals surface area (Å²) < 4.78 is 69.4. The largest absolute Gasteiger partial charge is 0.417 e. The summed E-state index contributed by atoms with van der Waals surface area (Å²) in [7, 11) is -3.83. The van der Waals surface area contributed by atoms with Gasteiger partial charge in [0.1, 0.15) is 11.7 Å². The van der Waals surface area contributed by atoms with Gasteiger partial charge in [-0.2, -0.15) is 18.4 Å². The maximum absolute atomic E-state index is 13.4. The second kappa shape index (κ2) is 8.44. The van der Waals surface area contributed by atoms with Crippen molar-refractivity contribution in [2.75, 3.05) is 0 Å². The quantitative estimate of drug-likeness (QED) is 0.443. The monoisotopic (exact) mass is 500 g/mol. The molecule has 3 heterocycles. The van der Waals surface area contributed by atoms with Gasteiger partial charge in [-0.3, -0.25) is 4.57 Å². The smallest absolute Gasteiger partial charge is 0.260 e. The standard InChI is InChI=1S/C23H19F3N6O2S/c1-22(2,3)31-35(33,34)16-7-5-14(6-8-16)19-18(12-27)17-11-15(23(24,25)26)13-30-20(17)32(19)21-28-9-4-10-29-21/h4-11,13,31H,1-3H3. The van der Waals surface area contributed by atoms with Crippen LogP contribution in [0.15, 0.2) is 59.9 Å². The minimum Gasteiger partial charge on any atom is -0.260 e. The first kappa shape index (κ1) is 24.3. The highest BCUT2D eigenvalue weighted by molar-refractivity contribution is 7.89. The van der Waals surface area contributed by atoms with Crippen LogP contribution >= 0.6 is 0 Å². The van der Waals surface area contributed by atoms with Crippen molar-refractivity contribution in [1.29, 1.82) is 5.26 Å². The second-order valence-corrected chi connectivity index (χ2v) is 10.4. The first-order chi connectivity index (χ1) is 16.3. The number of rotatable bonds is 4. The third-order valence-corrected chi connectivity index (χ3v) is 6.65. The molecule has 1 N–H and O–H groups in total. The molecule has 180 valence electrons. The molecule has 0 bridgehead atoms. The summed E-state index contributed by atoms with van der Waals surface area (Å²) in [6, 6.07) is 10.0. The van der Waals surface area contributed by atoms with Crippen LogP contribution in [0.5, 0.6) is 0 Å². The fourth-order valence-corrected chi connectivity index (χ4v) is 4.98. The van der Waals surface area contributed by atoms with E-state index in [4.69, 9.17) is 0 Å². The summed E-state index contributed by atoms with van der Waals surface area (Å²) >= 11 is 0. The van der Waals surface area contributed by atoms with Gasteiger partial charge in [-0.25, -0.2) is 28.1 Å². The fraction of sp³-hybridized carbons (Fsp3) is 0.217. The highest BCUT2D eigenvalue weighted by Crippen LogP contribution is 2.38. The van der Waals surface area contributed by atoms with Crippen LogP contribution < -0.4 is 4.72 Å². The zero-order valence-electron chi connectivity index (χ0n) is 18.8. The maximum Gasteiger partial charge on any atom is 0.417 e. The lowest BCUT2D eigenvalue weighted by Crippen LogP contribution is -2.40. The highest BCUT2D eigenvalue weighted by atomic mass is 32.2. The van der Waals surface area contributed by atoms with E-state index in [1.807, 2.05) is 6.07 Å². The number of nitrogens with one attached hydrogen (secondary N) is 1. The Hall–Kier alpha value is -3.82. The predicted molar refractivity (Wildman–Crippen MR) is 122 cm³/mol. The van der Waals surface area contributed by atoms with Gasteiger partial charge in [-0.15, -0.1) is 0 Å². The number of benzene rings is 1. The summed E-state index contributed by atoms with van der Waals surface area (Å²) in [5.74, 6) is 0.0901. The lowest BCUT2D eigenvalue weighted by Gasteiger charge is -2.20. The molecular formula is C23H19F3N6O2S. The molecular weight excluding hydrogens is 481 g/mol. The Labute approximate surface area is 199 Å². The van der Waals surface area contributed by atoms with E-state index in [2.05, 4.69) is 19.7 Å². The summed E-state index contributed by atoms with van der Waals surface area (Å²) in [5, 5.41) is 9.89. The van der Waals surface area contributed by atoms with Crippen molar-refractivity contribution in [3.8, 4) is 23.3 Å². The number of nitriles is 1. The average Bonchev–Trinajstić information content (AvgIpc) is 3.11. The van der Waals surface area contributed by atoms with Gasteiger partial charge in [0.2, 0.25) is 16.0 Å². The molecule has 0 spiro atoms. The average molecular weight is 501 g/mol. The number of sulfonamides is 1. The predicted octanol–water partition coefficient (Wildman–Crippen LogP) is 4.45. The van der Waals surface area contributed by atoms with Crippen LogP contribution in [0.3, 0.4) is 0 Å². The highest BCUT2D eigenvalue weighted by Gasteiger charge is 2.33. The molecule has 0 saturated carbocycles. The Balaban J connectivity index is 1.97. The molecule has 35 heavy (non-hydrogen) atoms. The maximum atomic E-state index is 13.4. The Morgan fingerprint density at radius 2 is 1.66 bits per heavy atom. The number of alkyl halides is 3. The minimum absolute atomic E-state index is 0.00853. The number of halogens is 3. The van der Waals surface area contributed by atoms with Crippen LogP contribution in [0, 0.1) is 11.3 Å². The van der Waals surface area contributed by atoms with Gasteiger partial charge in [0.15, 0.2) is 0 Å². The fourth-order valence-electron chi connectivity index (χ4n) is 3.56. The Bertz CT molecular complexity index is 1550. The molecule has 4 rings (SSSR count). The molecule has 1 aromatic carbocycles. The van der Waals surface area contributed by atoms with E-state index in [1.54, 1.807) is 26.8 Å². The molecule has 8 nitrogen and oxygen atoms in total. The summed E-state index contributed by atoms with van der Waals surface area (Å²) in [4.78, 5) is 12.3. The molecule has 0 aliphatic carbocycles. The molecule has 0 amide bonds. The van der Waals surface area contributed by atoms with Gasteiger partial charge in [-0.05, 0) is 45.0 Å². The number of pyridine rings is 1. The van der Waals surface area contributed by atoms with Crippen molar-refractivity contribution in [2.24, 2.45) is 0 Å². The third kappa shape index (κ3) is 4.73. The van der Waals surface area contributed by atoms with Crippen molar-refractivity contribution >= 4 is 21.1 Å². The van der Waals surface area contributed by atoms with Crippen LogP contribution in [0.25, 0.3) is 28.2 Å². The summed E-state index contributed by atoms with van der Waals surface area (Å²) in [6.45, 7) is 5.12. The van der Waals surface area contributed by atoms with Crippen LogP contribution in [0.4, 0.5) is 13.2 Å². The van der Waals surface area contributed by atoms with E-state index >= 15 is 0 Å². The number of hydrogen-bond acceptors (Lipinski definition) is 6. The van der Waals surface area contributed by atoms with E-state index in [1.165, 1.54) is 41.2 Å². The Kier molecular flexibility index (Phi) is 5.86. The molecule has 0 saturated heterocycles. The zero-order chi connectivity index (χ0) is 25.6. The number of fused-ring (bicyclic) bond motifs is 1. The SMILES string of the molecule is CC(C)(C)NS(=O)(=O)c1ccc(-c2c(C#N)c3cc(C(F)(F)F)cnc3n2-c2ncccn2)cc1. The first-order valence-corrected chi connectivity index (χ1v) is 11.7. The van der Waals surface area contributed by atoms with Crippen LogP contribution in [-0.2, 0) is 16.2 Å². The number of hydrogen-bond donors (Lipinski definition) is 1. The summed E-state index contributed by atoms with van der Waals surface area (Å²) in [5.41, 5.74) is -1.17. The van der Waals surface area contributed by atoms with Crippen molar-refractivity contribution in [2.45, 2.75) is 37.4 Å². The molecule has 0 aliphatic heterocycles. The molecule has 12 heteroatoms. The van der Waals surface area contributed by atoms with E-state index in [9.17, 15) is 26.9 Å².